The standard InChI is InChI=1S/C18H29NO11/c1-2-28-17-11(13(22)15(17)24)19-3-4-26-5-6-27-7-8-29-18-16(25)14(23)12(21)10(9-20)30-18/h10,12,14,16,18-21,23,25H,2-9H2,1H3/t10-,12-,14+,16+,18?/m1/s1. The molecule has 0 aliphatic carbocycles. The van der Waals surface area contributed by atoms with E-state index in [-0.39, 0.29) is 44.5 Å². The van der Waals surface area contributed by atoms with Gasteiger partial charge in [-0.3, -0.25) is 9.59 Å². The zero-order valence-corrected chi connectivity index (χ0v) is 16.7. The molecule has 1 aromatic carbocycles. The summed E-state index contributed by atoms with van der Waals surface area (Å²) in [4.78, 5) is 22.7. The molecule has 2 rings (SSSR count). The molecule has 0 saturated carbocycles. The Morgan fingerprint density at radius 3 is 2.27 bits per heavy atom. The molecule has 0 amide bonds. The summed E-state index contributed by atoms with van der Waals surface area (Å²) in [5, 5.41) is 41.1. The molecular weight excluding hydrogens is 406 g/mol. The maximum absolute atomic E-state index is 11.4. The van der Waals surface area contributed by atoms with E-state index in [1.54, 1.807) is 6.92 Å². The molecule has 12 nitrogen and oxygen atoms in total. The van der Waals surface area contributed by atoms with Crippen LogP contribution in [0.2, 0.25) is 0 Å². The van der Waals surface area contributed by atoms with Gasteiger partial charge in [-0.1, -0.05) is 0 Å². The number of hydrogen-bond donors (Lipinski definition) is 5. The second kappa shape index (κ2) is 12.3. The Bertz CT molecular complexity index is 703. The van der Waals surface area contributed by atoms with Crippen LogP contribution < -0.4 is 20.9 Å². The average molecular weight is 435 g/mol. The summed E-state index contributed by atoms with van der Waals surface area (Å²) < 4.78 is 26.2. The van der Waals surface area contributed by atoms with Crippen molar-refractivity contribution in [2.24, 2.45) is 0 Å². The second-order valence-corrected chi connectivity index (χ2v) is 6.51. The van der Waals surface area contributed by atoms with Crippen LogP contribution in [0.3, 0.4) is 0 Å². The van der Waals surface area contributed by atoms with Crippen molar-refractivity contribution in [1.82, 2.24) is 0 Å². The van der Waals surface area contributed by atoms with Crippen LogP contribution in [0.15, 0.2) is 9.59 Å². The van der Waals surface area contributed by atoms with Gasteiger partial charge in [-0.2, -0.15) is 0 Å². The summed E-state index contributed by atoms with van der Waals surface area (Å²) in [5.74, 6) is 0.0604. The van der Waals surface area contributed by atoms with Gasteiger partial charge in [0.05, 0.1) is 46.2 Å². The quantitative estimate of drug-likeness (QED) is 0.148. The maximum atomic E-state index is 11.4. The molecule has 0 bridgehead atoms. The van der Waals surface area contributed by atoms with E-state index in [2.05, 4.69) is 5.32 Å². The first-order valence-electron chi connectivity index (χ1n) is 9.69. The molecule has 1 unspecified atom stereocenters. The van der Waals surface area contributed by atoms with E-state index in [4.69, 9.17) is 28.8 Å². The van der Waals surface area contributed by atoms with E-state index >= 15 is 0 Å². The van der Waals surface area contributed by atoms with E-state index in [9.17, 15) is 24.9 Å². The van der Waals surface area contributed by atoms with Crippen LogP contribution in [0.4, 0.5) is 5.69 Å². The molecule has 1 aromatic rings. The predicted molar refractivity (Wildman–Crippen MR) is 102 cm³/mol. The van der Waals surface area contributed by atoms with Gasteiger partial charge in [0.15, 0.2) is 12.0 Å². The van der Waals surface area contributed by atoms with Gasteiger partial charge < -0.3 is 49.4 Å². The number of anilines is 1. The Morgan fingerprint density at radius 2 is 1.60 bits per heavy atom. The van der Waals surface area contributed by atoms with Gasteiger partial charge in [-0.15, -0.1) is 0 Å². The van der Waals surface area contributed by atoms with Crippen LogP contribution in [0.1, 0.15) is 6.92 Å². The minimum atomic E-state index is -1.49. The van der Waals surface area contributed by atoms with Crippen LogP contribution in [0.5, 0.6) is 5.75 Å². The lowest BCUT2D eigenvalue weighted by atomic mass is 9.99. The predicted octanol–water partition coefficient (Wildman–Crippen LogP) is -3.06. The molecule has 1 heterocycles. The fourth-order valence-electron chi connectivity index (χ4n) is 2.81. The molecule has 0 aromatic heterocycles. The monoisotopic (exact) mass is 435 g/mol. The lowest BCUT2D eigenvalue weighted by Crippen LogP contribution is -2.59. The number of aliphatic hydroxyl groups excluding tert-OH is 4. The third kappa shape index (κ3) is 6.18. The van der Waals surface area contributed by atoms with Gasteiger partial charge in [0.1, 0.15) is 30.1 Å². The molecule has 12 heteroatoms. The fraction of sp³-hybridized carbons (Fsp3) is 0.778. The molecule has 1 saturated heterocycles. The summed E-state index contributed by atoms with van der Waals surface area (Å²) >= 11 is 0. The zero-order valence-electron chi connectivity index (χ0n) is 16.7. The highest BCUT2D eigenvalue weighted by Crippen LogP contribution is 2.21. The van der Waals surface area contributed by atoms with Crippen molar-refractivity contribution in [3.63, 3.8) is 0 Å². The summed E-state index contributed by atoms with van der Waals surface area (Å²) in [6.07, 6.45) is -6.58. The van der Waals surface area contributed by atoms with E-state index in [1.165, 1.54) is 0 Å². The molecule has 172 valence electrons. The van der Waals surface area contributed by atoms with Gasteiger partial charge in [-0.05, 0) is 6.92 Å². The van der Waals surface area contributed by atoms with Crippen LogP contribution in [-0.4, -0.2) is 104 Å². The molecule has 5 N–H and O–H groups in total. The highest BCUT2D eigenvalue weighted by atomic mass is 16.7. The van der Waals surface area contributed by atoms with Crippen molar-refractivity contribution in [1.29, 1.82) is 0 Å². The number of ether oxygens (including phenoxy) is 5. The smallest absolute Gasteiger partial charge is 0.272 e. The molecule has 1 fully saturated rings. The number of nitrogens with one attached hydrogen (secondary N) is 1. The molecule has 5 atom stereocenters. The largest absolute Gasteiger partial charge is 0.488 e. The second-order valence-electron chi connectivity index (χ2n) is 6.51. The maximum Gasteiger partial charge on any atom is 0.272 e. The normalized spacial score (nSPS) is 26.8. The van der Waals surface area contributed by atoms with Gasteiger partial charge >= 0.3 is 0 Å². The number of rotatable bonds is 14. The molecule has 1 aliphatic rings. The SMILES string of the molecule is CCOc1c(NCCOCCOCCOC2O[C@H](CO)[C@@H](O)[C@H](O)[C@@H]2O)c(=O)c1=O. The first-order chi connectivity index (χ1) is 14.4. The molecule has 1 aliphatic heterocycles. The summed E-state index contributed by atoms with van der Waals surface area (Å²) in [7, 11) is 0. The van der Waals surface area contributed by atoms with E-state index in [1.807, 2.05) is 0 Å². The molecule has 0 spiro atoms. The minimum Gasteiger partial charge on any atom is -0.488 e. The van der Waals surface area contributed by atoms with Crippen LogP contribution in [0.25, 0.3) is 0 Å². The van der Waals surface area contributed by atoms with Gasteiger partial charge in [-0.25, -0.2) is 0 Å². The summed E-state index contributed by atoms with van der Waals surface area (Å²) in [5.41, 5.74) is -1.05. The highest BCUT2D eigenvalue weighted by molar-refractivity contribution is 5.61. The highest BCUT2D eigenvalue weighted by Gasteiger charge is 2.43. The molecule has 30 heavy (non-hydrogen) atoms. The Hall–Kier alpha value is -1.64. The van der Waals surface area contributed by atoms with Gasteiger partial charge in [0, 0.05) is 6.54 Å². The van der Waals surface area contributed by atoms with Crippen molar-refractivity contribution in [3.8, 4) is 5.75 Å². The molecule has 0 radical (unpaired) electrons. The van der Waals surface area contributed by atoms with Crippen LogP contribution >= 0.6 is 0 Å². The van der Waals surface area contributed by atoms with E-state index < -0.39 is 48.2 Å². The minimum absolute atomic E-state index is 0.0503. The van der Waals surface area contributed by atoms with Crippen molar-refractivity contribution in [2.45, 2.75) is 37.6 Å². The van der Waals surface area contributed by atoms with E-state index in [0.717, 1.165) is 0 Å². The third-order valence-electron chi connectivity index (χ3n) is 4.43. The van der Waals surface area contributed by atoms with Crippen molar-refractivity contribution in [2.75, 3.05) is 58.1 Å². The third-order valence-corrected chi connectivity index (χ3v) is 4.43. The van der Waals surface area contributed by atoms with Gasteiger partial charge in [0.25, 0.3) is 10.9 Å². The Balaban J connectivity index is 1.50. The van der Waals surface area contributed by atoms with Crippen LogP contribution in [0, 0.1) is 0 Å². The first kappa shape index (κ1) is 24.6. The van der Waals surface area contributed by atoms with Gasteiger partial charge in [0.2, 0.25) is 0 Å². The summed E-state index contributed by atoms with van der Waals surface area (Å²) in [6, 6.07) is 0. The lowest BCUT2D eigenvalue weighted by molar-refractivity contribution is -0.302. The summed E-state index contributed by atoms with van der Waals surface area (Å²) in [6.45, 7) is 2.87. The Morgan fingerprint density at radius 1 is 0.933 bits per heavy atom. The number of hydrogen-bond acceptors (Lipinski definition) is 12. The fourth-order valence-corrected chi connectivity index (χ4v) is 2.81. The van der Waals surface area contributed by atoms with Crippen molar-refractivity contribution < 1.29 is 44.1 Å². The van der Waals surface area contributed by atoms with Crippen molar-refractivity contribution in [3.05, 3.63) is 20.4 Å². The first-order valence-corrected chi connectivity index (χ1v) is 9.69. The Labute approximate surface area is 172 Å². The van der Waals surface area contributed by atoms with Crippen molar-refractivity contribution >= 4 is 5.69 Å². The Kier molecular flexibility index (Phi) is 10.1. The van der Waals surface area contributed by atoms with Crippen LogP contribution in [-0.2, 0) is 18.9 Å². The van der Waals surface area contributed by atoms with E-state index in [0.29, 0.717) is 13.2 Å². The lowest BCUT2D eigenvalue weighted by Gasteiger charge is -2.39. The average Bonchev–Trinajstić information content (AvgIpc) is 2.75. The zero-order chi connectivity index (χ0) is 22.1. The topological polar surface area (TPSA) is 173 Å². The number of aliphatic hydroxyl groups is 4. The molecular formula is C18H29NO11.